The summed E-state index contributed by atoms with van der Waals surface area (Å²) in [5, 5.41) is 12.6. The van der Waals surface area contributed by atoms with Crippen LogP contribution in [0.4, 0.5) is 5.13 Å². The summed E-state index contributed by atoms with van der Waals surface area (Å²) in [6.07, 6.45) is 1.47. The number of rotatable bonds is 5. The van der Waals surface area contributed by atoms with E-state index in [9.17, 15) is 14.9 Å². The van der Waals surface area contributed by atoms with Crippen molar-refractivity contribution < 1.29 is 9.59 Å². The number of anilines is 1. The molecule has 27 heavy (non-hydrogen) atoms. The number of carbonyl (C=O) groups excluding carboxylic acids is 2. The van der Waals surface area contributed by atoms with Crippen molar-refractivity contribution in [3.05, 3.63) is 52.2 Å². The minimum Gasteiger partial charge on any atom is -0.358 e. The maximum absolute atomic E-state index is 13.0. The van der Waals surface area contributed by atoms with Gasteiger partial charge in [0.05, 0.1) is 11.3 Å². The Morgan fingerprint density at radius 3 is 2.78 bits per heavy atom. The van der Waals surface area contributed by atoms with Crippen molar-refractivity contribution in [2.24, 2.45) is 0 Å². The molecule has 0 bridgehead atoms. The number of Topliss-reactive ketones (excluding diaryl/α,β-unsaturated/α-hetero) is 1. The second kappa shape index (κ2) is 7.56. The number of ketones is 1. The van der Waals surface area contributed by atoms with E-state index in [-0.39, 0.29) is 17.3 Å². The number of nitrogens with one attached hydrogen (secondary N) is 1. The number of nitrogens with zero attached hydrogens (tertiary/aromatic N) is 3. The zero-order valence-corrected chi connectivity index (χ0v) is 16.1. The van der Waals surface area contributed by atoms with Crippen molar-refractivity contribution in [1.29, 1.82) is 5.26 Å². The molecule has 0 spiro atoms. The summed E-state index contributed by atoms with van der Waals surface area (Å²) in [5.74, 6) is -0.450. The summed E-state index contributed by atoms with van der Waals surface area (Å²) in [5.41, 5.74) is 2.55. The Morgan fingerprint density at radius 1 is 1.37 bits per heavy atom. The monoisotopic (exact) mass is 378 g/mol. The fourth-order valence-electron chi connectivity index (χ4n) is 2.96. The molecule has 0 saturated carbocycles. The van der Waals surface area contributed by atoms with Crippen molar-refractivity contribution in [3.8, 4) is 6.07 Å². The van der Waals surface area contributed by atoms with Crippen LogP contribution in [0.1, 0.15) is 35.6 Å². The molecule has 7 heteroatoms. The van der Waals surface area contributed by atoms with Gasteiger partial charge in [-0.3, -0.25) is 14.5 Å². The number of hydrogen-bond acceptors (Lipinski definition) is 5. The first-order chi connectivity index (χ1) is 13.0. The van der Waals surface area contributed by atoms with Gasteiger partial charge < -0.3 is 4.98 Å². The molecule has 1 aromatic carbocycles. The number of aromatic amines is 1. The number of aromatic nitrogens is 2. The number of H-pyrrole nitrogens is 1. The van der Waals surface area contributed by atoms with Crippen LogP contribution in [0, 0.1) is 18.3 Å². The van der Waals surface area contributed by atoms with Gasteiger partial charge in [-0.15, -0.1) is 11.3 Å². The standard InChI is InChI=1S/C20H18N4O2S/c1-4-24(13(3)25)20-23-15(11-27-20)9-14(10-21)19(26)18-12(2)22-17-8-6-5-7-16(17)18/h5-9,11,22H,4H2,1-3H3/b14-9+. The molecule has 0 atom stereocenters. The third-order valence-electron chi connectivity index (χ3n) is 4.21. The highest BCUT2D eigenvalue weighted by Crippen LogP contribution is 2.26. The fraction of sp³-hybridized carbons (Fsp3) is 0.200. The highest BCUT2D eigenvalue weighted by atomic mass is 32.1. The normalized spacial score (nSPS) is 11.4. The second-order valence-corrected chi connectivity index (χ2v) is 6.82. The molecule has 136 valence electrons. The van der Waals surface area contributed by atoms with E-state index in [1.54, 1.807) is 10.3 Å². The average molecular weight is 378 g/mol. The van der Waals surface area contributed by atoms with Gasteiger partial charge in [-0.25, -0.2) is 4.98 Å². The molecule has 0 unspecified atom stereocenters. The number of nitriles is 1. The Labute approximate surface area is 160 Å². The molecule has 0 radical (unpaired) electrons. The van der Waals surface area contributed by atoms with Crippen molar-refractivity contribution in [1.82, 2.24) is 9.97 Å². The van der Waals surface area contributed by atoms with Crippen LogP contribution < -0.4 is 4.90 Å². The van der Waals surface area contributed by atoms with E-state index in [1.165, 1.54) is 24.3 Å². The zero-order valence-electron chi connectivity index (χ0n) is 15.2. The Morgan fingerprint density at radius 2 is 2.11 bits per heavy atom. The first kappa shape index (κ1) is 18.5. The topological polar surface area (TPSA) is 89.8 Å². The van der Waals surface area contributed by atoms with E-state index in [1.807, 2.05) is 44.2 Å². The molecule has 0 aliphatic heterocycles. The number of fused-ring (bicyclic) bond motifs is 1. The zero-order chi connectivity index (χ0) is 19.6. The predicted octanol–water partition coefficient (Wildman–Crippen LogP) is 4.10. The minimum atomic E-state index is -0.346. The number of aryl methyl sites for hydroxylation is 1. The number of thiazole rings is 1. The summed E-state index contributed by atoms with van der Waals surface area (Å²) in [4.78, 5) is 33.7. The molecular formula is C20H18N4O2S. The highest BCUT2D eigenvalue weighted by molar-refractivity contribution is 7.14. The van der Waals surface area contributed by atoms with Crippen LogP contribution in [0.25, 0.3) is 17.0 Å². The van der Waals surface area contributed by atoms with Gasteiger partial charge in [0.2, 0.25) is 11.7 Å². The fourth-order valence-corrected chi connectivity index (χ4v) is 3.85. The molecule has 2 heterocycles. The van der Waals surface area contributed by atoms with Gasteiger partial charge in [0.1, 0.15) is 11.6 Å². The molecule has 0 aliphatic carbocycles. The maximum atomic E-state index is 13.0. The summed E-state index contributed by atoms with van der Waals surface area (Å²) in [7, 11) is 0. The van der Waals surface area contributed by atoms with Gasteiger partial charge in [0.25, 0.3) is 0 Å². The number of allylic oxidation sites excluding steroid dienone is 1. The van der Waals surface area contributed by atoms with Gasteiger partial charge in [0, 0.05) is 35.4 Å². The first-order valence-corrected chi connectivity index (χ1v) is 9.31. The molecule has 3 aromatic rings. The lowest BCUT2D eigenvalue weighted by Crippen LogP contribution is -2.27. The van der Waals surface area contributed by atoms with E-state index in [0.29, 0.717) is 22.9 Å². The van der Waals surface area contributed by atoms with Crippen LogP contribution >= 0.6 is 11.3 Å². The molecular weight excluding hydrogens is 360 g/mol. The van der Waals surface area contributed by atoms with E-state index >= 15 is 0 Å². The van der Waals surface area contributed by atoms with Crippen molar-refractivity contribution in [2.75, 3.05) is 11.4 Å². The van der Waals surface area contributed by atoms with E-state index in [2.05, 4.69) is 9.97 Å². The van der Waals surface area contributed by atoms with Gasteiger partial charge in [-0.1, -0.05) is 18.2 Å². The number of benzene rings is 1. The van der Waals surface area contributed by atoms with Gasteiger partial charge >= 0.3 is 0 Å². The van der Waals surface area contributed by atoms with Crippen LogP contribution in [0.2, 0.25) is 0 Å². The molecule has 0 saturated heterocycles. The first-order valence-electron chi connectivity index (χ1n) is 8.43. The lowest BCUT2D eigenvalue weighted by molar-refractivity contribution is -0.116. The smallest absolute Gasteiger partial charge is 0.225 e. The van der Waals surface area contributed by atoms with Crippen molar-refractivity contribution >= 4 is 45.1 Å². The molecule has 0 fully saturated rings. The molecule has 3 rings (SSSR count). The number of para-hydroxylation sites is 1. The second-order valence-electron chi connectivity index (χ2n) is 5.99. The van der Waals surface area contributed by atoms with Crippen molar-refractivity contribution in [3.63, 3.8) is 0 Å². The number of amides is 1. The van der Waals surface area contributed by atoms with E-state index < -0.39 is 0 Å². The SMILES string of the molecule is CCN(C(C)=O)c1nc(/C=C(\C#N)C(=O)c2c(C)[nH]c3ccccc23)cs1. The van der Waals surface area contributed by atoms with Crippen LogP contribution in [0.3, 0.4) is 0 Å². The van der Waals surface area contributed by atoms with Crippen molar-refractivity contribution in [2.45, 2.75) is 20.8 Å². The maximum Gasteiger partial charge on any atom is 0.225 e. The molecule has 0 aliphatic rings. The van der Waals surface area contributed by atoms with Crippen LogP contribution in [0.15, 0.2) is 35.2 Å². The minimum absolute atomic E-state index is 0.00516. The summed E-state index contributed by atoms with van der Waals surface area (Å²) in [6, 6.07) is 9.48. The van der Waals surface area contributed by atoms with E-state index in [4.69, 9.17) is 0 Å². The largest absolute Gasteiger partial charge is 0.358 e. The predicted molar refractivity (Wildman–Crippen MR) is 107 cm³/mol. The van der Waals surface area contributed by atoms with Gasteiger partial charge in [-0.2, -0.15) is 5.26 Å². The molecule has 1 N–H and O–H groups in total. The molecule has 6 nitrogen and oxygen atoms in total. The number of carbonyl (C=O) groups is 2. The Hall–Kier alpha value is -3.24. The quantitative estimate of drug-likeness (QED) is 0.411. The lowest BCUT2D eigenvalue weighted by Gasteiger charge is -2.14. The lowest BCUT2D eigenvalue weighted by atomic mass is 10.0. The highest BCUT2D eigenvalue weighted by Gasteiger charge is 2.20. The summed E-state index contributed by atoms with van der Waals surface area (Å²) < 4.78 is 0. The van der Waals surface area contributed by atoms with Crippen LogP contribution in [-0.2, 0) is 4.79 Å². The Bertz CT molecular complexity index is 1100. The van der Waals surface area contributed by atoms with Crippen LogP contribution in [0.5, 0.6) is 0 Å². The Balaban J connectivity index is 1.99. The average Bonchev–Trinajstić information content (AvgIpc) is 3.22. The van der Waals surface area contributed by atoms with Crippen LogP contribution in [-0.4, -0.2) is 28.2 Å². The Kier molecular flexibility index (Phi) is 5.19. The number of hydrogen-bond donors (Lipinski definition) is 1. The molecule has 2 aromatic heterocycles. The third kappa shape index (κ3) is 3.52. The van der Waals surface area contributed by atoms with Gasteiger partial charge in [0.15, 0.2) is 5.13 Å². The third-order valence-corrected chi connectivity index (χ3v) is 5.10. The molecule has 1 amide bonds. The van der Waals surface area contributed by atoms with Gasteiger partial charge in [-0.05, 0) is 26.0 Å². The summed E-state index contributed by atoms with van der Waals surface area (Å²) >= 11 is 1.30. The van der Waals surface area contributed by atoms with E-state index in [0.717, 1.165) is 16.6 Å². The summed E-state index contributed by atoms with van der Waals surface area (Å²) in [6.45, 7) is 5.66.